The zero-order chi connectivity index (χ0) is 11.8. The number of unbranched alkanes of at least 4 members (excludes halogenated alkanes) is 1. The molecule has 3 N–H and O–H groups in total. The molecule has 1 aromatic carbocycles. The van der Waals surface area contributed by atoms with Crippen LogP contribution < -0.4 is 11.3 Å². The molecule has 16 heavy (non-hydrogen) atoms. The molecule has 0 heterocycles. The second-order valence-corrected chi connectivity index (χ2v) is 4.15. The summed E-state index contributed by atoms with van der Waals surface area (Å²) >= 11 is 0. The van der Waals surface area contributed by atoms with Gasteiger partial charge in [0.1, 0.15) is 0 Å². The quantitative estimate of drug-likeness (QED) is 0.331. The van der Waals surface area contributed by atoms with Gasteiger partial charge < -0.3 is 0 Å². The van der Waals surface area contributed by atoms with Gasteiger partial charge in [-0.2, -0.15) is 0 Å². The molecule has 86 valence electrons. The number of aryl methyl sites for hydroxylation is 1. The van der Waals surface area contributed by atoms with Crippen LogP contribution in [0.15, 0.2) is 24.3 Å². The van der Waals surface area contributed by atoms with E-state index in [-0.39, 0.29) is 0 Å². The highest BCUT2D eigenvalue weighted by Crippen LogP contribution is 2.09. The number of nitrogens with two attached hydrogens (primary N) is 1. The Bertz CT molecular complexity index is 335. The minimum absolute atomic E-state index is 0.316. The largest absolute Gasteiger partial charge is 0.271 e. The third kappa shape index (κ3) is 4.48. The van der Waals surface area contributed by atoms with Crippen LogP contribution in [0.3, 0.4) is 0 Å². The third-order valence-electron chi connectivity index (χ3n) is 2.71. The monoisotopic (exact) mass is 216 g/mol. The van der Waals surface area contributed by atoms with E-state index in [0.29, 0.717) is 6.04 Å². The predicted molar refractivity (Wildman–Crippen MR) is 68.7 cm³/mol. The second-order valence-electron chi connectivity index (χ2n) is 4.15. The number of hydrogen-bond donors (Lipinski definition) is 2. The van der Waals surface area contributed by atoms with E-state index >= 15 is 0 Å². The van der Waals surface area contributed by atoms with Crippen LogP contribution in [0.2, 0.25) is 0 Å². The van der Waals surface area contributed by atoms with Crippen molar-refractivity contribution in [3.8, 4) is 12.3 Å². The van der Waals surface area contributed by atoms with E-state index in [1.807, 2.05) is 0 Å². The lowest BCUT2D eigenvalue weighted by atomic mass is 10.0. The molecule has 0 saturated carbocycles. The molecule has 0 amide bonds. The van der Waals surface area contributed by atoms with Crippen molar-refractivity contribution in [1.82, 2.24) is 5.43 Å². The van der Waals surface area contributed by atoms with Gasteiger partial charge in [-0.05, 0) is 31.7 Å². The van der Waals surface area contributed by atoms with Crippen LogP contribution in [0.4, 0.5) is 0 Å². The molecule has 2 nitrogen and oxygen atoms in total. The lowest BCUT2D eigenvalue weighted by Crippen LogP contribution is -2.36. The highest BCUT2D eigenvalue weighted by Gasteiger charge is 2.06. The lowest BCUT2D eigenvalue weighted by molar-refractivity contribution is 0.479. The first kappa shape index (κ1) is 12.8. The van der Waals surface area contributed by atoms with Gasteiger partial charge in [0.2, 0.25) is 0 Å². The van der Waals surface area contributed by atoms with Crippen molar-refractivity contribution in [3.63, 3.8) is 0 Å². The third-order valence-corrected chi connectivity index (χ3v) is 2.71. The van der Waals surface area contributed by atoms with Crippen molar-refractivity contribution >= 4 is 0 Å². The molecule has 0 saturated heterocycles. The fraction of sp³-hybridized carbons (Fsp3) is 0.429. The number of benzene rings is 1. The molecule has 0 aliphatic rings. The Morgan fingerprint density at radius 1 is 1.38 bits per heavy atom. The Morgan fingerprint density at radius 2 is 2.06 bits per heavy atom. The molecule has 1 unspecified atom stereocenters. The van der Waals surface area contributed by atoms with Gasteiger partial charge in [0.25, 0.3) is 0 Å². The number of rotatable bonds is 6. The smallest absolute Gasteiger partial charge is 0.0251 e. The summed E-state index contributed by atoms with van der Waals surface area (Å²) < 4.78 is 0. The molecule has 1 aromatic rings. The Kier molecular flexibility index (Phi) is 5.63. The van der Waals surface area contributed by atoms with Gasteiger partial charge in [0, 0.05) is 12.5 Å². The highest BCUT2D eigenvalue weighted by molar-refractivity contribution is 5.22. The SMILES string of the molecule is C#CCCCC(Cc1ccc(C)cc1)NN. The van der Waals surface area contributed by atoms with E-state index < -0.39 is 0 Å². The summed E-state index contributed by atoms with van der Waals surface area (Å²) in [7, 11) is 0. The van der Waals surface area contributed by atoms with Crippen LogP contribution in [-0.2, 0) is 6.42 Å². The number of hydrazine groups is 1. The molecular formula is C14H20N2. The molecule has 0 spiro atoms. The lowest BCUT2D eigenvalue weighted by Gasteiger charge is -2.15. The van der Waals surface area contributed by atoms with Gasteiger partial charge in [0.05, 0.1) is 0 Å². The summed E-state index contributed by atoms with van der Waals surface area (Å²) in [4.78, 5) is 0. The Morgan fingerprint density at radius 3 is 2.62 bits per heavy atom. The van der Waals surface area contributed by atoms with Gasteiger partial charge in [-0.25, -0.2) is 0 Å². The van der Waals surface area contributed by atoms with Crippen LogP contribution in [0.1, 0.15) is 30.4 Å². The average molecular weight is 216 g/mol. The van der Waals surface area contributed by atoms with Crippen molar-refractivity contribution in [2.24, 2.45) is 5.84 Å². The molecule has 2 heteroatoms. The van der Waals surface area contributed by atoms with E-state index in [1.54, 1.807) is 0 Å². The molecule has 0 radical (unpaired) electrons. The van der Waals surface area contributed by atoms with Crippen LogP contribution in [-0.4, -0.2) is 6.04 Å². The maximum absolute atomic E-state index is 5.53. The van der Waals surface area contributed by atoms with Gasteiger partial charge >= 0.3 is 0 Å². The summed E-state index contributed by atoms with van der Waals surface area (Å²) in [5.74, 6) is 8.18. The normalized spacial score (nSPS) is 12.1. The Labute approximate surface area is 98.2 Å². The van der Waals surface area contributed by atoms with Crippen molar-refractivity contribution in [1.29, 1.82) is 0 Å². The molecule has 0 aromatic heterocycles. The molecule has 1 rings (SSSR count). The minimum atomic E-state index is 0.316. The van der Waals surface area contributed by atoms with Crippen molar-refractivity contribution in [2.45, 2.75) is 38.6 Å². The van der Waals surface area contributed by atoms with Crippen molar-refractivity contribution < 1.29 is 0 Å². The van der Waals surface area contributed by atoms with Crippen molar-refractivity contribution in [2.75, 3.05) is 0 Å². The standard InChI is InChI=1S/C14H20N2/c1-3-4-5-6-14(16-15)11-13-9-7-12(2)8-10-13/h1,7-10,14,16H,4-6,11,15H2,2H3. The second kappa shape index (κ2) is 7.05. The molecule has 0 aliphatic heterocycles. The Hall–Kier alpha value is -1.30. The van der Waals surface area contributed by atoms with Crippen LogP contribution in [0.5, 0.6) is 0 Å². The summed E-state index contributed by atoms with van der Waals surface area (Å²) in [6.45, 7) is 2.09. The van der Waals surface area contributed by atoms with E-state index in [9.17, 15) is 0 Å². The van der Waals surface area contributed by atoms with E-state index in [4.69, 9.17) is 12.3 Å². The van der Waals surface area contributed by atoms with Gasteiger partial charge in [-0.3, -0.25) is 11.3 Å². The molecule has 0 bridgehead atoms. The summed E-state index contributed by atoms with van der Waals surface area (Å²) in [6, 6.07) is 8.88. The zero-order valence-electron chi connectivity index (χ0n) is 9.87. The average Bonchev–Trinajstić information content (AvgIpc) is 2.31. The van der Waals surface area contributed by atoms with Gasteiger partial charge in [0.15, 0.2) is 0 Å². The minimum Gasteiger partial charge on any atom is -0.271 e. The first-order chi connectivity index (χ1) is 7.76. The zero-order valence-corrected chi connectivity index (χ0v) is 9.87. The molecule has 1 atom stereocenters. The van der Waals surface area contributed by atoms with Gasteiger partial charge in [-0.1, -0.05) is 29.8 Å². The van der Waals surface area contributed by atoms with E-state index in [1.165, 1.54) is 11.1 Å². The number of terminal acetylenes is 1. The summed E-state index contributed by atoms with van der Waals surface area (Å²) in [5, 5.41) is 0. The van der Waals surface area contributed by atoms with Crippen LogP contribution in [0.25, 0.3) is 0 Å². The van der Waals surface area contributed by atoms with Crippen LogP contribution >= 0.6 is 0 Å². The highest BCUT2D eigenvalue weighted by atomic mass is 15.2. The molecule has 0 aliphatic carbocycles. The maximum atomic E-state index is 5.53. The predicted octanol–water partition coefficient (Wildman–Crippen LogP) is 2.17. The van der Waals surface area contributed by atoms with Crippen molar-refractivity contribution in [3.05, 3.63) is 35.4 Å². The van der Waals surface area contributed by atoms with E-state index in [2.05, 4.69) is 42.5 Å². The fourth-order valence-electron chi connectivity index (χ4n) is 1.70. The summed E-state index contributed by atoms with van der Waals surface area (Å²) in [6.07, 6.45) is 9.06. The topological polar surface area (TPSA) is 38.0 Å². The summed E-state index contributed by atoms with van der Waals surface area (Å²) in [5.41, 5.74) is 5.46. The number of hydrogen-bond acceptors (Lipinski definition) is 2. The fourth-order valence-corrected chi connectivity index (χ4v) is 1.70. The van der Waals surface area contributed by atoms with Gasteiger partial charge in [-0.15, -0.1) is 12.3 Å². The van der Waals surface area contributed by atoms with E-state index in [0.717, 1.165) is 25.7 Å². The number of nitrogens with one attached hydrogen (secondary N) is 1. The first-order valence-corrected chi connectivity index (χ1v) is 5.71. The molecule has 0 fully saturated rings. The Balaban J connectivity index is 2.43. The first-order valence-electron chi connectivity index (χ1n) is 5.71. The maximum Gasteiger partial charge on any atom is 0.0251 e. The van der Waals surface area contributed by atoms with Crippen LogP contribution in [0, 0.1) is 19.3 Å². The molecular weight excluding hydrogens is 196 g/mol.